The van der Waals surface area contributed by atoms with Crippen LogP contribution in [0.1, 0.15) is 37.9 Å². The molecule has 2 aromatic rings. The fraction of sp³-hybridized carbons (Fsp3) is 0.556. The van der Waals surface area contributed by atoms with Crippen LogP contribution in [0.3, 0.4) is 0 Å². The molecule has 1 aliphatic rings. The van der Waals surface area contributed by atoms with Crippen molar-refractivity contribution in [1.29, 1.82) is 0 Å². The van der Waals surface area contributed by atoms with Crippen LogP contribution in [0.15, 0.2) is 16.9 Å². The zero-order valence-corrected chi connectivity index (χ0v) is 14.4. The van der Waals surface area contributed by atoms with Gasteiger partial charge in [-0.1, -0.05) is 19.3 Å². The van der Waals surface area contributed by atoms with Crippen LogP contribution in [-0.2, 0) is 6.54 Å². The standard InChI is InChI=1S/C18H25N3O3/c1-23-15-10-13-14(11-16(15)24-2)19-17(20-18(13)22)12-21-8-6-4-3-5-7-9-21/h10-11H,3-9,12H2,1-2H3,(H,19,20,22). The lowest BCUT2D eigenvalue weighted by Gasteiger charge is -2.23. The average molecular weight is 331 g/mol. The Labute approximate surface area is 141 Å². The molecule has 1 aliphatic heterocycles. The van der Waals surface area contributed by atoms with Crippen molar-refractivity contribution in [3.8, 4) is 11.5 Å². The number of hydrogen-bond donors (Lipinski definition) is 1. The van der Waals surface area contributed by atoms with Gasteiger partial charge in [-0.2, -0.15) is 0 Å². The number of H-pyrrole nitrogens is 1. The average Bonchev–Trinajstić information content (AvgIpc) is 2.56. The van der Waals surface area contributed by atoms with Gasteiger partial charge in [-0.3, -0.25) is 9.69 Å². The first kappa shape index (κ1) is 16.8. The van der Waals surface area contributed by atoms with Gasteiger partial charge in [-0.25, -0.2) is 4.98 Å². The maximum absolute atomic E-state index is 12.4. The zero-order valence-electron chi connectivity index (χ0n) is 14.4. The largest absolute Gasteiger partial charge is 0.493 e. The minimum absolute atomic E-state index is 0.136. The third-order valence-corrected chi connectivity index (χ3v) is 4.58. The Morgan fingerprint density at radius 2 is 1.67 bits per heavy atom. The van der Waals surface area contributed by atoms with Gasteiger partial charge in [0.2, 0.25) is 0 Å². The van der Waals surface area contributed by atoms with E-state index in [9.17, 15) is 4.79 Å². The summed E-state index contributed by atoms with van der Waals surface area (Å²) < 4.78 is 10.6. The Kier molecular flexibility index (Phi) is 5.35. The third-order valence-electron chi connectivity index (χ3n) is 4.58. The Morgan fingerprint density at radius 1 is 1.04 bits per heavy atom. The van der Waals surface area contributed by atoms with E-state index >= 15 is 0 Å². The highest BCUT2D eigenvalue weighted by Crippen LogP contribution is 2.30. The second-order valence-electron chi connectivity index (χ2n) is 6.28. The molecule has 6 heteroatoms. The number of ether oxygens (including phenoxy) is 2. The molecule has 1 aromatic heterocycles. The molecule has 1 N–H and O–H groups in total. The van der Waals surface area contributed by atoms with Crippen molar-refractivity contribution in [2.45, 2.75) is 38.6 Å². The monoisotopic (exact) mass is 331 g/mol. The predicted molar refractivity (Wildman–Crippen MR) is 93.8 cm³/mol. The third kappa shape index (κ3) is 3.70. The molecule has 0 aliphatic carbocycles. The second kappa shape index (κ2) is 7.66. The lowest BCUT2D eigenvalue weighted by molar-refractivity contribution is 0.234. The first-order valence-electron chi connectivity index (χ1n) is 8.58. The molecule has 24 heavy (non-hydrogen) atoms. The van der Waals surface area contributed by atoms with Gasteiger partial charge in [0.15, 0.2) is 11.5 Å². The summed E-state index contributed by atoms with van der Waals surface area (Å²) in [7, 11) is 3.14. The Balaban J connectivity index is 1.90. The predicted octanol–water partition coefficient (Wildman–Crippen LogP) is 2.71. The van der Waals surface area contributed by atoms with E-state index in [1.807, 2.05) is 0 Å². The molecule has 0 radical (unpaired) electrons. The number of aromatic amines is 1. The molecule has 1 fully saturated rings. The number of benzene rings is 1. The van der Waals surface area contributed by atoms with Gasteiger partial charge in [-0.15, -0.1) is 0 Å². The van der Waals surface area contributed by atoms with E-state index in [2.05, 4.69) is 14.9 Å². The Bertz CT molecular complexity index is 749. The highest BCUT2D eigenvalue weighted by atomic mass is 16.5. The van der Waals surface area contributed by atoms with Gasteiger partial charge in [0.25, 0.3) is 5.56 Å². The summed E-state index contributed by atoms with van der Waals surface area (Å²) in [5.41, 5.74) is 0.501. The van der Waals surface area contributed by atoms with Crippen molar-refractivity contribution in [3.05, 3.63) is 28.3 Å². The fourth-order valence-corrected chi connectivity index (χ4v) is 3.27. The molecule has 3 rings (SSSR count). The number of fused-ring (bicyclic) bond motifs is 1. The summed E-state index contributed by atoms with van der Waals surface area (Å²) in [4.78, 5) is 22.4. The quantitative estimate of drug-likeness (QED) is 0.933. The number of hydrogen-bond acceptors (Lipinski definition) is 5. The van der Waals surface area contributed by atoms with Crippen LogP contribution < -0.4 is 15.0 Å². The molecule has 2 heterocycles. The van der Waals surface area contributed by atoms with Crippen LogP contribution in [-0.4, -0.2) is 42.2 Å². The molecule has 0 amide bonds. The highest BCUT2D eigenvalue weighted by molar-refractivity contribution is 5.81. The molecule has 1 aromatic carbocycles. The van der Waals surface area contributed by atoms with Crippen molar-refractivity contribution >= 4 is 10.9 Å². The lowest BCUT2D eigenvalue weighted by atomic mass is 10.1. The molecular formula is C18H25N3O3. The zero-order chi connectivity index (χ0) is 16.9. The van der Waals surface area contributed by atoms with Gasteiger partial charge >= 0.3 is 0 Å². The Hall–Kier alpha value is -2.08. The second-order valence-corrected chi connectivity index (χ2v) is 6.28. The highest BCUT2D eigenvalue weighted by Gasteiger charge is 2.14. The Morgan fingerprint density at radius 3 is 2.33 bits per heavy atom. The molecule has 0 bridgehead atoms. The fourth-order valence-electron chi connectivity index (χ4n) is 3.27. The van der Waals surface area contributed by atoms with Crippen molar-refractivity contribution in [1.82, 2.24) is 14.9 Å². The van der Waals surface area contributed by atoms with Gasteiger partial charge in [0.1, 0.15) is 5.82 Å². The van der Waals surface area contributed by atoms with E-state index in [0.717, 1.165) is 13.1 Å². The summed E-state index contributed by atoms with van der Waals surface area (Å²) in [5, 5.41) is 0.518. The molecule has 130 valence electrons. The van der Waals surface area contributed by atoms with Crippen molar-refractivity contribution < 1.29 is 9.47 Å². The molecule has 1 saturated heterocycles. The maximum atomic E-state index is 12.4. The van der Waals surface area contributed by atoms with E-state index < -0.39 is 0 Å². The number of nitrogens with one attached hydrogen (secondary N) is 1. The minimum atomic E-state index is -0.136. The molecule has 0 unspecified atom stereocenters. The molecule has 6 nitrogen and oxygen atoms in total. The number of rotatable bonds is 4. The van der Waals surface area contributed by atoms with Crippen LogP contribution in [0.5, 0.6) is 11.5 Å². The van der Waals surface area contributed by atoms with E-state index in [-0.39, 0.29) is 5.56 Å². The van der Waals surface area contributed by atoms with Gasteiger partial charge in [0, 0.05) is 6.07 Å². The first-order chi connectivity index (χ1) is 11.7. The maximum Gasteiger partial charge on any atom is 0.258 e. The summed E-state index contributed by atoms with van der Waals surface area (Å²) >= 11 is 0. The molecule has 0 saturated carbocycles. The minimum Gasteiger partial charge on any atom is -0.493 e. The van der Waals surface area contributed by atoms with Gasteiger partial charge in [-0.05, 0) is 32.0 Å². The van der Waals surface area contributed by atoms with E-state index in [1.165, 1.54) is 32.1 Å². The van der Waals surface area contributed by atoms with Crippen LogP contribution in [0.25, 0.3) is 10.9 Å². The molecular weight excluding hydrogens is 306 g/mol. The van der Waals surface area contributed by atoms with Crippen LogP contribution >= 0.6 is 0 Å². The van der Waals surface area contributed by atoms with Gasteiger partial charge in [0.05, 0.1) is 31.7 Å². The van der Waals surface area contributed by atoms with Crippen LogP contribution in [0.4, 0.5) is 0 Å². The summed E-state index contributed by atoms with van der Waals surface area (Å²) in [6.45, 7) is 2.81. The van der Waals surface area contributed by atoms with E-state index in [0.29, 0.717) is 34.8 Å². The topological polar surface area (TPSA) is 67.5 Å². The van der Waals surface area contributed by atoms with Crippen molar-refractivity contribution in [2.24, 2.45) is 0 Å². The van der Waals surface area contributed by atoms with E-state index in [4.69, 9.17) is 9.47 Å². The number of nitrogens with zero attached hydrogens (tertiary/aromatic N) is 2. The number of likely N-dealkylation sites (tertiary alicyclic amines) is 1. The normalized spacial score (nSPS) is 16.6. The number of methoxy groups -OCH3 is 2. The number of aromatic nitrogens is 2. The van der Waals surface area contributed by atoms with Crippen LogP contribution in [0.2, 0.25) is 0 Å². The lowest BCUT2D eigenvalue weighted by Crippen LogP contribution is -2.29. The van der Waals surface area contributed by atoms with Crippen molar-refractivity contribution in [3.63, 3.8) is 0 Å². The van der Waals surface area contributed by atoms with Crippen LogP contribution in [0, 0.1) is 0 Å². The molecule has 0 spiro atoms. The molecule has 0 atom stereocenters. The first-order valence-corrected chi connectivity index (χ1v) is 8.58. The summed E-state index contributed by atoms with van der Waals surface area (Å²) in [5.74, 6) is 1.83. The summed E-state index contributed by atoms with van der Waals surface area (Å²) in [6, 6.07) is 3.44. The van der Waals surface area contributed by atoms with Crippen molar-refractivity contribution in [2.75, 3.05) is 27.3 Å². The summed E-state index contributed by atoms with van der Waals surface area (Å²) in [6.07, 6.45) is 6.33. The smallest absolute Gasteiger partial charge is 0.258 e. The van der Waals surface area contributed by atoms with E-state index in [1.54, 1.807) is 26.4 Å². The van der Waals surface area contributed by atoms with Gasteiger partial charge < -0.3 is 14.5 Å². The SMILES string of the molecule is COc1cc2nc(CN3CCCCCCC3)[nH]c(=O)c2cc1OC.